The van der Waals surface area contributed by atoms with Crippen molar-refractivity contribution >= 4 is 11.6 Å². The van der Waals surface area contributed by atoms with E-state index in [-0.39, 0.29) is 5.91 Å². The number of hydrogen-bond donors (Lipinski definition) is 1. The van der Waals surface area contributed by atoms with E-state index in [1.807, 2.05) is 42.2 Å². The molecule has 24 heavy (non-hydrogen) atoms. The van der Waals surface area contributed by atoms with Gasteiger partial charge in [0.2, 0.25) is 5.91 Å². The van der Waals surface area contributed by atoms with Crippen molar-refractivity contribution in [2.24, 2.45) is 5.92 Å². The number of nitrogens with one attached hydrogen (secondary N) is 1. The highest BCUT2D eigenvalue weighted by Crippen LogP contribution is 2.25. The van der Waals surface area contributed by atoms with Gasteiger partial charge in [-0.1, -0.05) is 18.2 Å². The van der Waals surface area contributed by atoms with E-state index in [2.05, 4.69) is 29.1 Å². The van der Waals surface area contributed by atoms with E-state index in [0.29, 0.717) is 12.3 Å². The zero-order valence-corrected chi connectivity index (χ0v) is 14.7. The number of rotatable bonds is 6. The smallest absolute Gasteiger partial charge is 0.227 e. The van der Waals surface area contributed by atoms with Gasteiger partial charge in [0.15, 0.2) is 0 Å². The number of aryl methyl sites for hydroxylation is 2. The van der Waals surface area contributed by atoms with Crippen molar-refractivity contribution < 1.29 is 4.79 Å². The van der Waals surface area contributed by atoms with Crippen molar-refractivity contribution in [3.8, 4) is 0 Å². The molecule has 1 aromatic carbocycles. The molecular weight excluding hydrogens is 300 g/mol. The van der Waals surface area contributed by atoms with Crippen LogP contribution in [0, 0.1) is 19.8 Å². The molecule has 5 heteroatoms. The summed E-state index contributed by atoms with van der Waals surface area (Å²) in [6.45, 7) is 6.87. The van der Waals surface area contributed by atoms with Gasteiger partial charge in [0, 0.05) is 37.4 Å². The van der Waals surface area contributed by atoms with Gasteiger partial charge in [-0.15, -0.1) is 0 Å². The molecule has 2 heterocycles. The number of carbonyl (C=O) groups is 1. The van der Waals surface area contributed by atoms with E-state index in [0.717, 1.165) is 43.1 Å². The number of nitrogens with zero attached hydrogens (tertiary/aromatic N) is 3. The first-order valence-corrected chi connectivity index (χ1v) is 8.59. The third-order valence-electron chi connectivity index (χ3n) is 4.87. The first-order valence-electron chi connectivity index (χ1n) is 8.59. The number of anilines is 1. The molecule has 128 valence electrons. The fourth-order valence-electron chi connectivity index (χ4n) is 3.54. The zero-order chi connectivity index (χ0) is 17.1. The summed E-state index contributed by atoms with van der Waals surface area (Å²) in [6, 6.07) is 9.97. The largest absolute Gasteiger partial charge is 0.312 e. The molecule has 1 N–H and O–H groups in total. The average molecular weight is 326 g/mol. The number of H-pyrrole nitrogens is 1. The Labute approximate surface area is 143 Å². The van der Waals surface area contributed by atoms with Gasteiger partial charge >= 0.3 is 0 Å². The van der Waals surface area contributed by atoms with Gasteiger partial charge < -0.3 is 9.80 Å². The fourth-order valence-corrected chi connectivity index (χ4v) is 3.54. The Morgan fingerprint density at radius 2 is 2.04 bits per heavy atom. The minimum atomic E-state index is 0.237. The molecule has 0 radical (unpaired) electrons. The van der Waals surface area contributed by atoms with Crippen LogP contribution in [0.15, 0.2) is 30.3 Å². The normalized spacial score (nSPS) is 17.9. The molecule has 0 saturated carbocycles. The molecule has 1 aromatic heterocycles. The monoisotopic (exact) mass is 326 g/mol. The van der Waals surface area contributed by atoms with Gasteiger partial charge in [-0.3, -0.25) is 9.89 Å². The highest BCUT2D eigenvalue weighted by Gasteiger charge is 2.31. The molecule has 1 fully saturated rings. The number of para-hydroxylation sites is 1. The molecular formula is C19H26N4O. The van der Waals surface area contributed by atoms with Crippen molar-refractivity contribution in [3.05, 3.63) is 47.3 Å². The second-order valence-electron chi connectivity index (χ2n) is 6.83. The predicted molar refractivity (Wildman–Crippen MR) is 96.2 cm³/mol. The van der Waals surface area contributed by atoms with Crippen molar-refractivity contribution in [1.29, 1.82) is 0 Å². The Hall–Kier alpha value is -2.14. The number of carbonyl (C=O) groups excluding carboxylic acids is 1. The lowest BCUT2D eigenvalue weighted by molar-refractivity contribution is -0.117. The Morgan fingerprint density at radius 3 is 2.71 bits per heavy atom. The van der Waals surface area contributed by atoms with Crippen LogP contribution in [-0.2, 0) is 11.2 Å². The van der Waals surface area contributed by atoms with Gasteiger partial charge in [0.1, 0.15) is 0 Å². The van der Waals surface area contributed by atoms with Crippen LogP contribution in [0.25, 0.3) is 0 Å². The molecule has 1 aliphatic heterocycles. The van der Waals surface area contributed by atoms with E-state index < -0.39 is 0 Å². The molecule has 5 nitrogen and oxygen atoms in total. The molecule has 0 spiro atoms. The van der Waals surface area contributed by atoms with E-state index in [1.165, 1.54) is 5.56 Å². The molecule has 1 unspecified atom stereocenters. The lowest BCUT2D eigenvalue weighted by Gasteiger charge is -2.21. The maximum absolute atomic E-state index is 12.3. The topological polar surface area (TPSA) is 52.2 Å². The Balaban J connectivity index is 1.52. The molecule has 1 aliphatic rings. The second-order valence-corrected chi connectivity index (χ2v) is 6.83. The van der Waals surface area contributed by atoms with Gasteiger partial charge in [0.25, 0.3) is 0 Å². The summed E-state index contributed by atoms with van der Waals surface area (Å²) in [6.07, 6.45) is 1.64. The highest BCUT2D eigenvalue weighted by molar-refractivity contribution is 5.95. The number of amides is 1. The number of aromatic amines is 1. The van der Waals surface area contributed by atoms with Crippen LogP contribution in [0.1, 0.15) is 23.4 Å². The number of benzene rings is 1. The van der Waals surface area contributed by atoms with E-state index in [9.17, 15) is 4.79 Å². The summed E-state index contributed by atoms with van der Waals surface area (Å²) in [5, 5.41) is 7.30. The third-order valence-corrected chi connectivity index (χ3v) is 4.87. The van der Waals surface area contributed by atoms with Crippen molar-refractivity contribution in [1.82, 2.24) is 15.1 Å². The Morgan fingerprint density at radius 1 is 1.29 bits per heavy atom. The van der Waals surface area contributed by atoms with E-state index in [4.69, 9.17) is 0 Å². The van der Waals surface area contributed by atoms with E-state index in [1.54, 1.807) is 0 Å². The summed E-state index contributed by atoms with van der Waals surface area (Å²) < 4.78 is 0. The van der Waals surface area contributed by atoms with Crippen LogP contribution in [0.5, 0.6) is 0 Å². The summed E-state index contributed by atoms with van der Waals surface area (Å²) in [5.41, 5.74) is 4.58. The van der Waals surface area contributed by atoms with Crippen LogP contribution >= 0.6 is 0 Å². The van der Waals surface area contributed by atoms with Gasteiger partial charge in [-0.25, -0.2) is 0 Å². The van der Waals surface area contributed by atoms with Gasteiger partial charge in [-0.2, -0.15) is 5.10 Å². The molecule has 2 aromatic rings. The molecule has 1 saturated heterocycles. The first kappa shape index (κ1) is 16.7. The summed E-state index contributed by atoms with van der Waals surface area (Å²) in [4.78, 5) is 16.5. The first-order chi connectivity index (χ1) is 11.5. The predicted octanol–water partition coefficient (Wildman–Crippen LogP) is 2.55. The molecule has 3 rings (SSSR count). The summed E-state index contributed by atoms with van der Waals surface area (Å²) in [5.74, 6) is 0.635. The SMILES string of the molecule is Cc1n[nH]c(C)c1CCN(C)CC1CC(=O)N(c2ccccc2)C1. The van der Waals surface area contributed by atoms with Crippen LogP contribution in [0.3, 0.4) is 0 Å². The van der Waals surface area contributed by atoms with Crippen LogP contribution in [0.2, 0.25) is 0 Å². The third kappa shape index (κ3) is 3.67. The zero-order valence-electron chi connectivity index (χ0n) is 14.7. The quantitative estimate of drug-likeness (QED) is 0.887. The lowest BCUT2D eigenvalue weighted by atomic mass is 10.1. The molecule has 0 aliphatic carbocycles. The minimum Gasteiger partial charge on any atom is -0.312 e. The van der Waals surface area contributed by atoms with E-state index >= 15 is 0 Å². The minimum absolute atomic E-state index is 0.237. The maximum Gasteiger partial charge on any atom is 0.227 e. The fraction of sp³-hybridized carbons (Fsp3) is 0.474. The highest BCUT2D eigenvalue weighted by atomic mass is 16.2. The molecule has 0 bridgehead atoms. The van der Waals surface area contributed by atoms with Crippen LogP contribution in [0.4, 0.5) is 5.69 Å². The van der Waals surface area contributed by atoms with Crippen LogP contribution < -0.4 is 4.90 Å². The number of aromatic nitrogens is 2. The van der Waals surface area contributed by atoms with Crippen molar-refractivity contribution in [3.63, 3.8) is 0 Å². The van der Waals surface area contributed by atoms with Gasteiger partial charge in [-0.05, 0) is 50.9 Å². The Kier molecular flexibility index (Phi) is 5.00. The van der Waals surface area contributed by atoms with Crippen molar-refractivity contribution in [2.45, 2.75) is 26.7 Å². The van der Waals surface area contributed by atoms with Crippen LogP contribution in [-0.4, -0.2) is 47.7 Å². The Bertz CT molecular complexity index is 675. The summed E-state index contributed by atoms with van der Waals surface area (Å²) in [7, 11) is 2.14. The second kappa shape index (κ2) is 7.18. The standard InChI is InChI=1S/C19H26N4O/c1-14-18(15(2)21-20-14)9-10-22(3)12-16-11-19(24)23(13-16)17-7-5-4-6-8-17/h4-8,16H,9-13H2,1-3H3,(H,20,21). The summed E-state index contributed by atoms with van der Waals surface area (Å²) >= 11 is 0. The molecule has 1 amide bonds. The number of hydrogen-bond acceptors (Lipinski definition) is 3. The molecule has 1 atom stereocenters. The number of likely N-dealkylation sites (N-methyl/N-ethyl adjacent to an activating group) is 1. The van der Waals surface area contributed by atoms with Gasteiger partial charge in [0.05, 0.1) is 5.69 Å². The van der Waals surface area contributed by atoms with Crippen molar-refractivity contribution in [2.75, 3.05) is 31.6 Å². The lowest BCUT2D eigenvalue weighted by Crippen LogP contribution is -2.30. The average Bonchev–Trinajstić information content (AvgIpc) is 3.09. The maximum atomic E-state index is 12.3.